The minimum absolute atomic E-state index is 0.00137. The molecule has 0 radical (unpaired) electrons. The topological polar surface area (TPSA) is 111 Å². The summed E-state index contributed by atoms with van der Waals surface area (Å²) < 4.78 is 10.6. The summed E-state index contributed by atoms with van der Waals surface area (Å²) in [6.07, 6.45) is 0. The second-order valence-corrected chi connectivity index (χ2v) is 7.96. The fourth-order valence-electron chi connectivity index (χ4n) is 3.75. The molecule has 34 heavy (non-hydrogen) atoms. The van der Waals surface area contributed by atoms with Gasteiger partial charge in [-0.1, -0.05) is 11.6 Å². The van der Waals surface area contributed by atoms with Gasteiger partial charge in [-0.3, -0.25) is 14.9 Å². The maximum Gasteiger partial charge on any atom is 0.288 e. The van der Waals surface area contributed by atoms with Gasteiger partial charge in [-0.25, -0.2) is 0 Å². The van der Waals surface area contributed by atoms with Crippen LogP contribution in [0.3, 0.4) is 0 Å². The van der Waals surface area contributed by atoms with E-state index in [1.165, 1.54) is 18.2 Å². The van der Waals surface area contributed by atoms with Crippen LogP contribution in [0.2, 0.25) is 5.02 Å². The van der Waals surface area contributed by atoms with Crippen molar-refractivity contribution in [2.75, 3.05) is 45.3 Å². The zero-order valence-electron chi connectivity index (χ0n) is 18.6. The summed E-state index contributed by atoms with van der Waals surface area (Å²) in [5, 5.41) is 19.8. The number of hydrogen-bond donors (Lipinski definition) is 0. The third-order valence-corrected chi connectivity index (χ3v) is 5.93. The van der Waals surface area contributed by atoms with Crippen molar-refractivity contribution in [1.82, 2.24) is 15.1 Å². The highest BCUT2D eigenvalue weighted by Gasteiger charge is 2.25. The number of nitro groups is 1. The Balaban J connectivity index is 1.41. The fourth-order valence-corrected chi connectivity index (χ4v) is 3.94. The van der Waals surface area contributed by atoms with Crippen LogP contribution in [0, 0.1) is 10.1 Å². The molecule has 1 amide bonds. The summed E-state index contributed by atoms with van der Waals surface area (Å²) >= 11 is 5.85. The number of methoxy groups -OCH3 is 2. The van der Waals surface area contributed by atoms with Crippen molar-refractivity contribution in [2.24, 2.45) is 0 Å². The van der Waals surface area contributed by atoms with E-state index in [0.29, 0.717) is 49.2 Å². The standard InChI is InChI=1S/C23H22ClN5O5/c1-33-20-7-4-15(14-21(20)34-2)18-6-8-22(26-25-18)27-9-11-28(12-10-27)23(30)16-3-5-17(24)19(13-16)29(31)32/h3-8,13-14H,9-12H2,1-2H3. The molecule has 4 rings (SSSR count). The predicted octanol–water partition coefficient (Wildman–Crippen LogP) is 3.68. The Morgan fingerprint density at radius 2 is 1.71 bits per heavy atom. The molecular formula is C23H22ClN5O5. The van der Waals surface area contributed by atoms with Gasteiger partial charge in [0.05, 0.1) is 24.8 Å². The molecule has 1 aliphatic heterocycles. The quantitative estimate of drug-likeness (QED) is 0.385. The van der Waals surface area contributed by atoms with Crippen LogP contribution in [-0.4, -0.2) is 66.3 Å². The number of benzene rings is 2. The minimum atomic E-state index is -0.596. The van der Waals surface area contributed by atoms with Gasteiger partial charge in [-0.05, 0) is 42.5 Å². The van der Waals surface area contributed by atoms with Crippen molar-refractivity contribution < 1.29 is 19.2 Å². The zero-order valence-corrected chi connectivity index (χ0v) is 19.4. The Hall–Kier alpha value is -3.92. The summed E-state index contributed by atoms with van der Waals surface area (Å²) in [6, 6.07) is 13.4. The van der Waals surface area contributed by atoms with Crippen molar-refractivity contribution in [3.8, 4) is 22.8 Å². The molecular weight excluding hydrogens is 462 g/mol. The molecule has 1 aromatic heterocycles. The summed E-state index contributed by atoms with van der Waals surface area (Å²) in [6.45, 7) is 2.03. The Morgan fingerprint density at radius 3 is 2.32 bits per heavy atom. The van der Waals surface area contributed by atoms with E-state index in [1.807, 2.05) is 35.2 Å². The van der Waals surface area contributed by atoms with E-state index in [1.54, 1.807) is 19.1 Å². The zero-order chi connectivity index (χ0) is 24.2. The Morgan fingerprint density at radius 1 is 0.971 bits per heavy atom. The molecule has 0 atom stereocenters. The van der Waals surface area contributed by atoms with Gasteiger partial charge >= 0.3 is 0 Å². The molecule has 0 unspecified atom stereocenters. The number of halogens is 1. The van der Waals surface area contributed by atoms with Crippen molar-refractivity contribution in [1.29, 1.82) is 0 Å². The van der Waals surface area contributed by atoms with Gasteiger partial charge in [0.2, 0.25) is 0 Å². The molecule has 0 aliphatic carbocycles. The monoisotopic (exact) mass is 483 g/mol. The number of rotatable bonds is 6. The van der Waals surface area contributed by atoms with Crippen LogP contribution in [0.4, 0.5) is 11.5 Å². The predicted molar refractivity (Wildman–Crippen MR) is 127 cm³/mol. The van der Waals surface area contributed by atoms with E-state index in [2.05, 4.69) is 10.2 Å². The molecule has 0 bridgehead atoms. The van der Waals surface area contributed by atoms with E-state index >= 15 is 0 Å². The van der Waals surface area contributed by atoms with Gasteiger partial charge in [-0.2, -0.15) is 0 Å². The smallest absolute Gasteiger partial charge is 0.288 e. The van der Waals surface area contributed by atoms with E-state index in [9.17, 15) is 14.9 Å². The number of ether oxygens (including phenoxy) is 2. The van der Waals surface area contributed by atoms with Crippen LogP contribution in [0.25, 0.3) is 11.3 Å². The van der Waals surface area contributed by atoms with E-state index in [0.717, 1.165) is 5.56 Å². The molecule has 1 aliphatic rings. The Kier molecular flexibility index (Phi) is 6.78. The summed E-state index contributed by atoms with van der Waals surface area (Å²) in [5.74, 6) is 1.68. The van der Waals surface area contributed by atoms with E-state index in [4.69, 9.17) is 21.1 Å². The lowest BCUT2D eigenvalue weighted by Gasteiger charge is -2.35. The Bertz CT molecular complexity index is 1210. The molecule has 0 spiro atoms. The first kappa shape index (κ1) is 23.2. The second kappa shape index (κ2) is 9.92. The van der Waals surface area contributed by atoms with Crippen LogP contribution < -0.4 is 14.4 Å². The summed E-state index contributed by atoms with van der Waals surface area (Å²) in [4.78, 5) is 27.0. The number of aromatic nitrogens is 2. The van der Waals surface area contributed by atoms with Crippen LogP contribution in [0.15, 0.2) is 48.5 Å². The molecule has 2 aromatic carbocycles. The van der Waals surface area contributed by atoms with Crippen LogP contribution >= 0.6 is 11.6 Å². The average molecular weight is 484 g/mol. The minimum Gasteiger partial charge on any atom is -0.493 e. The Labute approximate surface area is 200 Å². The number of hydrogen-bond acceptors (Lipinski definition) is 8. The SMILES string of the molecule is COc1ccc(-c2ccc(N3CCN(C(=O)c4ccc(Cl)c([N+](=O)[O-])c4)CC3)nn2)cc1OC. The summed E-state index contributed by atoms with van der Waals surface area (Å²) in [7, 11) is 3.16. The maximum atomic E-state index is 12.8. The molecule has 0 N–H and O–H groups in total. The molecule has 1 fully saturated rings. The lowest BCUT2D eigenvalue weighted by molar-refractivity contribution is -0.384. The van der Waals surface area contributed by atoms with Gasteiger partial charge in [0.25, 0.3) is 11.6 Å². The largest absolute Gasteiger partial charge is 0.493 e. The number of amides is 1. The molecule has 1 saturated heterocycles. The first-order valence-corrected chi connectivity index (χ1v) is 10.8. The fraction of sp³-hybridized carbons (Fsp3) is 0.261. The highest BCUT2D eigenvalue weighted by Crippen LogP contribution is 2.32. The van der Waals surface area contributed by atoms with E-state index < -0.39 is 4.92 Å². The van der Waals surface area contributed by atoms with E-state index in [-0.39, 0.29) is 22.2 Å². The number of carbonyl (C=O) groups is 1. The van der Waals surface area contributed by atoms with Crippen molar-refractivity contribution >= 4 is 29.0 Å². The van der Waals surface area contributed by atoms with Gasteiger partial charge in [0.1, 0.15) is 5.02 Å². The average Bonchev–Trinajstić information content (AvgIpc) is 2.88. The molecule has 2 heterocycles. The van der Waals surface area contributed by atoms with Gasteiger partial charge in [-0.15, -0.1) is 10.2 Å². The molecule has 10 nitrogen and oxygen atoms in total. The first-order valence-electron chi connectivity index (χ1n) is 10.5. The third-order valence-electron chi connectivity index (χ3n) is 5.61. The molecule has 11 heteroatoms. The normalized spacial score (nSPS) is 13.5. The number of carbonyl (C=O) groups excluding carboxylic acids is 1. The third kappa shape index (κ3) is 4.72. The number of anilines is 1. The second-order valence-electron chi connectivity index (χ2n) is 7.55. The number of nitro benzene ring substituents is 1. The molecule has 176 valence electrons. The van der Waals surface area contributed by atoms with Crippen molar-refractivity contribution in [3.05, 3.63) is 69.2 Å². The van der Waals surface area contributed by atoms with Gasteiger partial charge in [0.15, 0.2) is 17.3 Å². The lowest BCUT2D eigenvalue weighted by Crippen LogP contribution is -2.49. The number of piperazine rings is 1. The van der Waals surface area contributed by atoms with Crippen LogP contribution in [-0.2, 0) is 0 Å². The summed E-state index contributed by atoms with van der Waals surface area (Å²) in [5.41, 5.74) is 1.51. The first-order chi connectivity index (χ1) is 16.4. The number of nitrogens with zero attached hydrogens (tertiary/aromatic N) is 5. The highest BCUT2D eigenvalue weighted by atomic mass is 35.5. The molecule has 0 saturated carbocycles. The van der Waals surface area contributed by atoms with Crippen molar-refractivity contribution in [3.63, 3.8) is 0 Å². The lowest BCUT2D eigenvalue weighted by atomic mass is 10.1. The molecule has 3 aromatic rings. The van der Waals surface area contributed by atoms with Crippen molar-refractivity contribution in [2.45, 2.75) is 0 Å². The van der Waals surface area contributed by atoms with Crippen LogP contribution in [0.1, 0.15) is 10.4 Å². The van der Waals surface area contributed by atoms with Gasteiger partial charge in [0, 0.05) is 43.4 Å². The van der Waals surface area contributed by atoms with Crippen LogP contribution in [0.5, 0.6) is 11.5 Å². The van der Waals surface area contributed by atoms with Gasteiger partial charge < -0.3 is 19.3 Å². The highest BCUT2D eigenvalue weighted by molar-refractivity contribution is 6.32. The maximum absolute atomic E-state index is 12.8.